The van der Waals surface area contributed by atoms with Crippen molar-refractivity contribution in [3.63, 3.8) is 0 Å². The molecule has 4 aromatic carbocycles. The molecule has 4 nitrogen and oxygen atoms in total. The molecule has 4 aromatic rings. The lowest BCUT2D eigenvalue weighted by Gasteiger charge is -2.18. The molecule has 0 saturated carbocycles. The smallest absolute Gasteiger partial charge is 0.490 e. The highest BCUT2D eigenvalue weighted by Crippen LogP contribution is 2.35. The summed E-state index contributed by atoms with van der Waals surface area (Å²) in [6.07, 6.45) is -18.1. The highest BCUT2D eigenvalue weighted by molar-refractivity contribution is 6.39. The van der Waals surface area contributed by atoms with E-state index in [4.69, 9.17) is 14.0 Å². The van der Waals surface area contributed by atoms with Crippen molar-refractivity contribution in [1.82, 2.24) is 0 Å². The molecule has 0 saturated heterocycles. The monoisotopic (exact) mass is 655 g/mol. The summed E-state index contributed by atoms with van der Waals surface area (Å²) < 4.78 is 167. The molecule has 0 radical (unpaired) electrons. The zero-order valence-electron chi connectivity index (χ0n) is 22.2. The molecule has 240 valence electrons. The summed E-state index contributed by atoms with van der Waals surface area (Å²) in [7, 11) is -1.82. The molecule has 0 aliphatic rings. The van der Waals surface area contributed by atoms with Gasteiger partial charge in [-0.15, -0.1) is 0 Å². The van der Waals surface area contributed by atoms with Crippen LogP contribution in [0.25, 0.3) is 0 Å². The molecule has 0 atom stereocenters. The summed E-state index contributed by atoms with van der Waals surface area (Å²) in [5.41, 5.74) is -0.376. The van der Waals surface area contributed by atoms with Crippen LogP contribution in [0.2, 0.25) is 0 Å². The van der Waals surface area contributed by atoms with Gasteiger partial charge in [0, 0.05) is 6.07 Å². The van der Waals surface area contributed by atoms with Gasteiger partial charge in [0.25, 0.3) is 0 Å². The van der Waals surface area contributed by atoms with Crippen LogP contribution in [0.4, 0.5) is 58.4 Å². The Bertz CT molecular complexity index is 1460. The first-order chi connectivity index (χ1) is 20.7. The van der Waals surface area contributed by atoms with Crippen LogP contribution in [0.15, 0.2) is 91.0 Å². The molecule has 17 heteroatoms. The van der Waals surface area contributed by atoms with Crippen molar-refractivity contribution in [1.29, 1.82) is 0 Å². The lowest BCUT2D eigenvalue weighted by atomic mass is 10.1. The Kier molecular flexibility index (Phi) is 10.6. The van der Waals surface area contributed by atoms with Crippen LogP contribution < -0.4 is 19.7 Å². The van der Waals surface area contributed by atoms with E-state index in [9.17, 15) is 52.7 Å². The first kappa shape index (κ1) is 34.9. The summed E-state index contributed by atoms with van der Waals surface area (Å²) >= 11 is 0. The molecule has 0 aliphatic heterocycles. The number of halogens is 12. The van der Waals surface area contributed by atoms with Crippen molar-refractivity contribution in [2.24, 2.45) is 0 Å². The molecular weight excluding hydrogens is 637 g/mol. The third kappa shape index (κ3) is 10.5. The Morgan fingerprint density at radius 3 is 1.16 bits per heavy atom. The molecule has 3 N–H and O–H groups in total. The van der Waals surface area contributed by atoms with Crippen LogP contribution in [-0.4, -0.2) is 7.32 Å². The van der Waals surface area contributed by atoms with E-state index in [1.807, 2.05) is 0 Å². The summed E-state index contributed by atoms with van der Waals surface area (Å²) in [5, 5.41) is 0. The standard InChI is InChI=1S/C21H13BF9NO3.C7H4F3/c23-19(24,25)12-1-6-15(7-2-12)33-22(34-16-8-3-13(4-9-16)20(26,27)28)35-18-10-5-14(11-17(18)32)21(29,30)31;8-7(9,10)6-4-2-1-3-5-6/h1-11H,32H2;2-5H/q;-1/p+1. The normalized spacial score (nSPS) is 12.1. The Morgan fingerprint density at radius 1 is 0.467 bits per heavy atom. The van der Waals surface area contributed by atoms with Gasteiger partial charge in [0.2, 0.25) is 0 Å². The van der Waals surface area contributed by atoms with Crippen LogP contribution >= 0.6 is 0 Å². The van der Waals surface area contributed by atoms with Gasteiger partial charge in [0.05, 0.1) is 16.7 Å². The minimum absolute atomic E-state index is 0.188. The molecule has 4 rings (SSSR count). The second kappa shape index (κ2) is 13.6. The zero-order valence-corrected chi connectivity index (χ0v) is 22.2. The van der Waals surface area contributed by atoms with Crippen LogP contribution in [0.1, 0.15) is 22.3 Å². The fourth-order valence-electron chi connectivity index (χ4n) is 3.29. The van der Waals surface area contributed by atoms with Crippen LogP contribution in [0, 0.1) is 6.07 Å². The first-order valence-electron chi connectivity index (χ1n) is 12.1. The van der Waals surface area contributed by atoms with Gasteiger partial charge in [-0.1, -0.05) is 5.56 Å². The summed E-state index contributed by atoms with van der Waals surface area (Å²) in [4.78, 5) is 0. The predicted octanol–water partition coefficient (Wildman–Crippen LogP) is 8.64. The highest BCUT2D eigenvalue weighted by Gasteiger charge is 2.36. The largest absolute Gasteiger partial charge is 0.864 e. The fraction of sp³-hybridized carbons (Fsp3) is 0.143. The number of rotatable bonds is 6. The Hall–Kier alpha value is -4.54. The third-order valence-corrected chi connectivity index (χ3v) is 5.48. The van der Waals surface area contributed by atoms with Gasteiger partial charge in [0.15, 0.2) is 11.4 Å². The van der Waals surface area contributed by atoms with Gasteiger partial charge < -0.3 is 19.7 Å². The Labute approximate surface area is 247 Å². The second-order valence-electron chi connectivity index (χ2n) is 8.79. The maximum absolute atomic E-state index is 12.9. The molecule has 0 aromatic heterocycles. The van der Waals surface area contributed by atoms with Gasteiger partial charge in [-0.05, 0) is 60.7 Å². The molecule has 45 heavy (non-hydrogen) atoms. The van der Waals surface area contributed by atoms with E-state index in [0.717, 1.165) is 42.5 Å². The van der Waals surface area contributed by atoms with Crippen LogP contribution in [-0.2, 0) is 24.7 Å². The second-order valence-corrected chi connectivity index (χ2v) is 8.79. The molecule has 0 amide bonds. The van der Waals surface area contributed by atoms with Gasteiger partial charge >= 0.3 is 32.0 Å². The number of benzene rings is 4. The van der Waals surface area contributed by atoms with Gasteiger partial charge in [0.1, 0.15) is 11.5 Å². The SMILES string of the molecule is FC(F)(F)c1cc[c-]cc1.[NH3+]c1cc(C(F)(F)F)ccc1OB(Oc1ccc(C(F)(F)F)cc1)Oc1ccc(C(F)(F)F)cc1. The Morgan fingerprint density at radius 2 is 0.822 bits per heavy atom. The van der Waals surface area contributed by atoms with Crippen LogP contribution in [0.3, 0.4) is 0 Å². The first-order valence-corrected chi connectivity index (χ1v) is 12.1. The lowest BCUT2D eigenvalue weighted by molar-refractivity contribution is -0.256. The third-order valence-electron chi connectivity index (χ3n) is 5.48. The van der Waals surface area contributed by atoms with Crippen molar-refractivity contribution in [2.75, 3.05) is 0 Å². The summed E-state index contributed by atoms with van der Waals surface area (Å²) in [6.45, 7) is 0. The van der Waals surface area contributed by atoms with E-state index in [2.05, 4.69) is 11.8 Å². The van der Waals surface area contributed by atoms with Crippen molar-refractivity contribution < 1.29 is 72.4 Å². The molecule has 0 bridgehead atoms. The van der Waals surface area contributed by atoms with Crippen molar-refractivity contribution in [3.05, 3.63) is 119 Å². The van der Waals surface area contributed by atoms with Crippen molar-refractivity contribution >= 4 is 13.0 Å². The average molecular weight is 655 g/mol. The van der Waals surface area contributed by atoms with Crippen LogP contribution in [0.5, 0.6) is 17.2 Å². The van der Waals surface area contributed by atoms with E-state index in [1.54, 1.807) is 0 Å². The molecule has 0 aliphatic carbocycles. The fourth-order valence-corrected chi connectivity index (χ4v) is 3.29. The molecule has 0 unspecified atom stereocenters. The molecular formula is C28H18BF12NO3. The average Bonchev–Trinajstić information content (AvgIpc) is 2.93. The summed E-state index contributed by atoms with van der Waals surface area (Å²) in [6, 6.07) is 15.8. The quantitative estimate of drug-likeness (QED) is 0.129. The van der Waals surface area contributed by atoms with Gasteiger partial charge in [-0.25, -0.2) is 0 Å². The van der Waals surface area contributed by atoms with E-state index < -0.39 is 54.3 Å². The maximum atomic E-state index is 12.9. The number of hydrogen-bond acceptors (Lipinski definition) is 3. The molecule has 0 heterocycles. The van der Waals surface area contributed by atoms with Gasteiger partial charge in [-0.3, -0.25) is 0 Å². The molecule has 0 fully saturated rings. The number of alkyl halides is 12. The number of quaternary nitrogens is 1. The molecule has 0 spiro atoms. The van der Waals surface area contributed by atoms with Gasteiger partial charge in [-0.2, -0.15) is 83.0 Å². The van der Waals surface area contributed by atoms with E-state index in [0.29, 0.717) is 36.4 Å². The predicted molar refractivity (Wildman–Crippen MR) is 135 cm³/mol. The summed E-state index contributed by atoms with van der Waals surface area (Å²) in [5.74, 6) is -0.610. The minimum Gasteiger partial charge on any atom is -0.490 e. The maximum Gasteiger partial charge on any atom is 0.864 e. The highest BCUT2D eigenvalue weighted by atomic mass is 19.4. The minimum atomic E-state index is -4.65. The number of hydrogen-bond donors (Lipinski definition) is 1. The van der Waals surface area contributed by atoms with Crippen molar-refractivity contribution in [3.8, 4) is 17.2 Å². The Balaban J connectivity index is 0.000000468. The van der Waals surface area contributed by atoms with E-state index in [1.165, 1.54) is 12.1 Å². The lowest BCUT2D eigenvalue weighted by Crippen LogP contribution is -2.43. The topological polar surface area (TPSA) is 55.3 Å². The van der Waals surface area contributed by atoms with E-state index >= 15 is 0 Å². The van der Waals surface area contributed by atoms with Crippen molar-refractivity contribution in [2.45, 2.75) is 24.7 Å². The zero-order chi connectivity index (χ0) is 33.6. The van der Waals surface area contributed by atoms with E-state index in [-0.39, 0.29) is 22.9 Å².